The molecule has 6 nitrogen and oxygen atoms in total. The van der Waals surface area contributed by atoms with E-state index < -0.39 is 10.0 Å². The Morgan fingerprint density at radius 1 is 1.25 bits per heavy atom. The molecule has 0 amide bonds. The summed E-state index contributed by atoms with van der Waals surface area (Å²) in [6, 6.07) is 11.7. The van der Waals surface area contributed by atoms with Crippen molar-refractivity contribution in [1.82, 2.24) is 9.46 Å². The largest absolute Gasteiger partial charge is 0.364 e. The zero-order valence-corrected chi connectivity index (χ0v) is 17.1. The predicted octanol–water partition coefficient (Wildman–Crippen LogP) is 4.34. The Hall–Kier alpha value is -2.00. The summed E-state index contributed by atoms with van der Waals surface area (Å²) in [5.41, 5.74) is 1.11. The van der Waals surface area contributed by atoms with Crippen LogP contribution in [0.1, 0.15) is 23.2 Å². The fourth-order valence-corrected chi connectivity index (χ4v) is 6.45. The van der Waals surface area contributed by atoms with Crippen molar-refractivity contribution in [1.29, 1.82) is 0 Å². The lowest BCUT2D eigenvalue weighted by atomic mass is 9.91. The number of piperidine rings is 1. The number of benzene rings is 1. The van der Waals surface area contributed by atoms with Crippen LogP contribution in [-0.2, 0) is 10.0 Å². The molecule has 1 atom stereocenters. The van der Waals surface area contributed by atoms with Gasteiger partial charge >= 0.3 is 0 Å². The lowest BCUT2D eigenvalue weighted by Crippen LogP contribution is -2.42. The van der Waals surface area contributed by atoms with E-state index in [4.69, 9.17) is 16.1 Å². The van der Waals surface area contributed by atoms with Crippen LogP contribution < -0.4 is 0 Å². The number of carbonyl (C=O) groups is 1. The minimum atomic E-state index is -3.67. The molecule has 3 aromatic rings. The smallest absolute Gasteiger partial charge is 0.252 e. The molecule has 1 aliphatic rings. The van der Waals surface area contributed by atoms with Crippen molar-refractivity contribution in [3.05, 3.63) is 59.3 Å². The van der Waals surface area contributed by atoms with Gasteiger partial charge < -0.3 is 4.52 Å². The third kappa shape index (κ3) is 3.77. The first-order valence-corrected chi connectivity index (χ1v) is 11.4. The first kappa shape index (κ1) is 19.3. The predicted molar refractivity (Wildman–Crippen MR) is 107 cm³/mol. The van der Waals surface area contributed by atoms with Crippen molar-refractivity contribution in [2.75, 3.05) is 13.1 Å². The number of carbonyl (C=O) groups excluding carboxylic acids is 1. The van der Waals surface area contributed by atoms with E-state index in [0.717, 1.165) is 16.2 Å². The number of sulfonamides is 1. The second kappa shape index (κ2) is 7.79. The average Bonchev–Trinajstić information content (AvgIpc) is 3.39. The molecular formula is C19H17ClN2O4S2. The van der Waals surface area contributed by atoms with Crippen molar-refractivity contribution >= 4 is 38.7 Å². The van der Waals surface area contributed by atoms with E-state index in [0.29, 0.717) is 35.7 Å². The minimum Gasteiger partial charge on any atom is -0.364 e. The molecule has 4 rings (SSSR count). The summed E-state index contributed by atoms with van der Waals surface area (Å²) in [5, 5.41) is 4.33. The zero-order valence-electron chi connectivity index (χ0n) is 14.7. The molecule has 0 spiro atoms. The van der Waals surface area contributed by atoms with Gasteiger partial charge in [-0.15, -0.1) is 11.3 Å². The molecular weight excluding hydrogens is 420 g/mol. The zero-order chi connectivity index (χ0) is 19.7. The Labute approximate surface area is 171 Å². The van der Waals surface area contributed by atoms with E-state index >= 15 is 0 Å². The molecule has 1 aromatic carbocycles. The van der Waals surface area contributed by atoms with Crippen LogP contribution in [0.15, 0.2) is 57.5 Å². The lowest BCUT2D eigenvalue weighted by molar-refractivity contribution is 0.0872. The van der Waals surface area contributed by atoms with Crippen molar-refractivity contribution in [3.8, 4) is 10.6 Å². The molecule has 0 bridgehead atoms. The molecule has 0 saturated carbocycles. The van der Waals surface area contributed by atoms with Gasteiger partial charge in [0, 0.05) is 35.7 Å². The SMILES string of the molecule is O=C(c1cccc(Cl)c1)[C@H]1CCCN(S(=O)(=O)c2ccc(-c3ccon3)s2)C1. The van der Waals surface area contributed by atoms with Gasteiger partial charge in [-0.1, -0.05) is 28.9 Å². The Kier molecular flexibility index (Phi) is 5.37. The highest BCUT2D eigenvalue weighted by atomic mass is 35.5. The van der Waals surface area contributed by atoms with E-state index in [9.17, 15) is 13.2 Å². The number of hydrogen-bond acceptors (Lipinski definition) is 6. The first-order chi connectivity index (χ1) is 13.4. The Morgan fingerprint density at radius 3 is 2.86 bits per heavy atom. The van der Waals surface area contributed by atoms with Gasteiger partial charge in [0.15, 0.2) is 5.78 Å². The molecule has 1 saturated heterocycles. The standard InChI is InChI=1S/C19H17ClN2O4S2/c20-15-5-1-3-13(11-15)19(23)14-4-2-9-22(12-14)28(24,25)18-7-6-17(27-18)16-8-10-26-21-16/h1,3,5-8,10-11,14H,2,4,9,12H2/t14-/m0/s1. The van der Waals surface area contributed by atoms with Crippen molar-refractivity contribution in [2.24, 2.45) is 5.92 Å². The Morgan fingerprint density at radius 2 is 2.11 bits per heavy atom. The summed E-state index contributed by atoms with van der Waals surface area (Å²) in [6.45, 7) is 0.573. The highest BCUT2D eigenvalue weighted by molar-refractivity contribution is 7.91. The lowest BCUT2D eigenvalue weighted by Gasteiger charge is -2.30. The summed E-state index contributed by atoms with van der Waals surface area (Å²) >= 11 is 7.13. The molecule has 0 aliphatic carbocycles. The van der Waals surface area contributed by atoms with E-state index in [2.05, 4.69) is 5.16 Å². The minimum absolute atomic E-state index is 0.0723. The van der Waals surface area contributed by atoms with Crippen molar-refractivity contribution < 1.29 is 17.7 Å². The molecule has 146 valence electrons. The maximum Gasteiger partial charge on any atom is 0.252 e. The fourth-order valence-electron chi connectivity index (χ4n) is 3.32. The van der Waals surface area contributed by atoms with Crippen LogP contribution in [0.3, 0.4) is 0 Å². The first-order valence-electron chi connectivity index (χ1n) is 8.75. The summed E-state index contributed by atoms with van der Waals surface area (Å²) in [4.78, 5) is 13.5. The number of ketones is 1. The summed E-state index contributed by atoms with van der Waals surface area (Å²) in [6.07, 6.45) is 2.74. The van der Waals surface area contributed by atoms with Crippen LogP contribution in [0, 0.1) is 5.92 Å². The molecule has 2 aromatic heterocycles. The maximum absolute atomic E-state index is 13.1. The summed E-state index contributed by atoms with van der Waals surface area (Å²) in [7, 11) is -3.67. The number of rotatable bonds is 5. The van der Waals surface area contributed by atoms with Crippen LogP contribution in [-0.4, -0.2) is 36.8 Å². The van der Waals surface area contributed by atoms with Crippen LogP contribution in [0.2, 0.25) is 5.02 Å². The average molecular weight is 437 g/mol. The summed E-state index contributed by atoms with van der Waals surface area (Å²) in [5.74, 6) is -0.450. The molecule has 1 fully saturated rings. The molecule has 3 heterocycles. The van der Waals surface area contributed by atoms with Crippen molar-refractivity contribution in [2.45, 2.75) is 17.1 Å². The molecule has 9 heteroatoms. The molecule has 0 N–H and O–H groups in total. The number of hydrogen-bond donors (Lipinski definition) is 0. The van der Waals surface area contributed by atoms with E-state index in [-0.39, 0.29) is 22.5 Å². The Bertz CT molecular complexity index is 1090. The highest BCUT2D eigenvalue weighted by Crippen LogP contribution is 2.33. The van der Waals surface area contributed by atoms with Crippen molar-refractivity contribution in [3.63, 3.8) is 0 Å². The van der Waals surface area contributed by atoms with Gasteiger partial charge in [0.1, 0.15) is 16.2 Å². The topological polar surface area (TPSA) is 80.5 Å². The van der Waals surface area contributed by atoms with Gasteiger partial charge in [0.25, 0.3) is 10.0 Å². The van der Waals surface area contributed by atoms with Gasteiger partial charge in [-0.25, -0.2) is 8.42 Å². The molecule has 28 heavy (non-hydrogen) atoms. The van der Waals surface area contributed by atoms with Gasteiger partial charge in [-0.2, -0.15) is 4.31 Å². The number of Topliss-reactive ketones (excluding diaryl/α,β-unsaturated/α-hetero) is 1. The molecule has 0 radical (unpaired) electrons. The van der Waals surface area contributed by atoms with Crippen LogP contribution in [0.5, 0.6) is 0 Å². The van der Waals surface area contributed by atoms with Gasteiger partial charge in [-0.05, 0) is 37.1 Å². The monoisotopic (exact) mass is 436 g/mol. The van der Waals surface area contributed by atoms with Gasteiger partial charge in [0.05, 0.1) is 4.88 Å². The van der Waals surface area contributed by atoms with E-state index in [1.54, 1.807) is 42.5 Å². The number of halogens is 1. The number of nitrogens with zero attached hydrogens (tertiary/aromatic N) is 2. The van der Waals surface area contributed by atoms with Gasteiger partial charge in [0.2, 0.25) is 0 Å². The second-order valence-electron chi connectivity index (χ2n) is 6.58. The van der Waals surface area contributed by atoms with Crippen LogP contribution in [0.4, 0.5) is 0 Å². The quantitative estimate of drug-likeness (QED) is 0.556. The maximum atomic E-state index is 13.1. The number of aromatic nitrogens is 1. The van der Waals surface area contributed by atoms with Crippen LogP contribution in [0.25, 0.3) is 10.6 Å². The van der Waals surface area contributed by atoms with Gasteiger partial charge in [-0.3, -0.25) is 4.79 Å². The third-order valence-electron chi connectivity index (χ3n) is 4.73. The number of thiophene rings is 1. The highest BCUT2D eigenvalue weighted by Gasteiger charge is 2.34. The van der Waals surface area contributed by atoms with E-state index in [1.165, 1.54) is 10.6 Å². The molecule has 0 unspecified atom stereocenters. The molecule has 1 aliphatic heterocycles. The summed E-state index contributed by atoms with van der Waals surface area (Å²) < 4.78 is 32.6. The van der Waals surface area contributed by atoms with E-state index in [1.807, 2.05) is 0 Å². The third-order valence-corrected chi connectivity index (χ3v) is 8.41. The fraction of sp³-hybridized carbons (Fsp3) is 0.263. The van der Waals surface area contributed by atoms with Crippen LogP contribution >= 0.6 is 22.9 Å². The second-order valence-corrected chi connectivity index (χ2v) is 10.3. The Balaban J connectivity index is 1.54. The normalized spacial score (nSPS) is 18.2.